The van der Waals surface area contributed by atoms with Crippen molar-refractivity contribution in [2.45, 2.75) is 6.42 Å². The highest BCUT2D eigenvalue weighted by molar-refractivity contribution is 7.90. The van der Waals surface area contributed by atoms with Gasteiger partial charge in [0.25, 0.3) is 10.2 Å². The normalized spacial score (nSPS) is 16.5. The van der Waals surface area contributed by atoms with Crippen molar-refractivity contribution in [2.75, 3.05) is 24.1 Å². The Bertz CT molecular complexity index is 1530. The van der Waals surface area contributed by atoms with Gasteiger partial charge in [0.1, 0.15) is 0 Å². The summed E-state index contributed by atoms with van der Waals surface area (Å²) in [6.07, 6.45) is 6.03. The van der Waals surface area contributed by atoms with E-state index in [1.165, 1.54) is 0 Å². The quantitative estimate of drug-likeness (QED) is 0.482. The topological polar surface area (TPSA) is 120 Å². The summed E-state index contributed by atoms with van der Waals surface area (Å²) in [6, 6.07) is 10.4. The summed E-state index contributed by atoms with van der Waals surface area (Å²) in [5.74, 6) is 0.0460. The molecule has 1 saturated heterocycles. The highest BCUT2D eigenvalue weighted by Crippen LogP contribution is 2.26. The summed E-state index contributed by atoms with van der Waals surface area (Å²) in [6.45, 7) is 1.28. The molecule has 0 amide bonds. The number of rotatable bonds is 5. The van der Waals surface area contributed by atoms with Crippen LogP contribution in [0.25, 0.3) is 32.8 Å². The number of pyridine rings is 1. The number of ether oxygens (including phenoxy) is 1. The molecule has 4 aromatic rings. The summed E-state index contributed by atoms with van der Waals surface area (Å²) < 4.78 is 33.0. The van der Waals surface area contributed by atoms with Gasteiger partial charge in [-0.2, -0.15) is 13.5 Å². The Morgan fingerprint density at radius 1 is 1.15 bits per heavy atom. The van der Waals surface area contributed by atoms with E-state index >= 15 is 0 Å². The fourth-order valence-electron chi connectivity index (χ4n) is 4.19. The maximum Gasteiger partial charge on any atom is 0.299 e. The first-order valence-electron chi connectivity index (χ1n) is 10.5. The van der Waals surface area contributed by atoms with Crippen LogP contribution in [0.2, 0.25) is 0 Å². The number of hydrogen-bond donors (Lipinski definition) is 1. The van der Waals surface area contributed by atoms with Crippen molar-refractivity contribution in [1.82, 2.24) is 14.8 Å². The monoisotopic (exact) mass is 465 g/mol. The third kappa shape index (κ3) is 4.20. The van der Waals surface area contributed by atoms with E-state index in [0.717, 1.165) is 21.9 Å². The summed E-state index contributed by atoms with van der Waals surface area (Å²) in [5.41, 5.74) is 2.29. The van der Waals surface area contributed by atoms with Crippen molar-refractivity contribution in [2.24, 2.45) is 18.1 Å². The van der Waals surface area contributed by atoms with Gasteiger partial charge in [0.2, 0.25) is 0 Å². The maximum absolute atomic E-state index is 13.6. The highest BCUT2D eigenvalue weighted by Gasteiger charge is 2.25. The van der Waals surface area contributed by atoms with Gasteiger partial charge in [-0.3, -0.25) is 18.8 Å². The number of nitrogens with two attached hydrogens (primary N) is 1. The summed E-state index contributed by atoms with van der Waals surface area (Å²) >= 11 is 0. The third-order valence-electron chi connectivity index (χ3n) is 5.95. The van der Waals surface area contributed by atoms with Gasteiger partial charge in [-0.1, -0.05) is 12.1 Å². The van der Waals surface area contributed by atoms with Gasteiger partial charge in [0.05, 0.1) is 24.0 Å². The van der Waals surface area contributed by atoms with Crippen molar-refractivity contribution in [3.8, 4) is 11.1 Å². The first kappa shape index (κ1) is 21.5. The maximum atomic E-state index is 13.6. The second-order valence-corrected chi connectivity index (χ2v) is 9.77. The lowest BCUT2D eigenvalue weighted by Gasteiger charge is -2.24. The van der Waals surface area contributed by atoms with Crippen molar-refractivity contribution in [1.29, 1.82) is 0 Å². The zero-order chi connectivity index (χ0) is 23.2. The summed E-state index contributed by atoms with van der Waals surface area (Å²) in [4.78, 5) is 18.0. The van der Waals surface area contributed by atoms with Gasteiger partial charge in [0, 0.05) is 60.4 Å². The highest BCUT2D eigenvalue weighted by atomic mass is 32.2. The molecule has 3 heterocycles. The standard InChI is InChI=1S/C23H23N5O4S/c1-27-13-18(11-26-27)17-8-21-22(25-10-17)5-3-16-2-4-19(9-20(16)23(21)29)28(33(24,30)31)12-15-6-7-32-14-15/h2-5,8-11,13,15H,6-7,12,14H2,1H3,(H2,24,30,31). The van der Waals surface area contributed by atoms with E-state index in [1.54, 1.807) is 47.4 Å². The Balaban J connectivity index is 1.67. The van der Waals surface area contributed by atoms with Gasteiger partial charge in [-0.15, -0.1) is 0 Å². The molecule has 2 aromatic heterocycles. The zero-order valence-electron chi connectivity index (χ0n) is 18.0. The second kappa shape index (κ2) is 8.22. The molecule has 10 heteroatoms. The minimum absolute atomic E-state index is 0.0460. The van der Waals surface area contributed by atoms with E-state index < -0.39 is 10.2 Å². The van der Waals surface area contributed by atoms with E-state index in [1.807, 2.05) is 19.3 Å². The van der Waals surface area contributed by atoms with Crippen LogP contribution in [0.3, 0.4) is 0 Å². The fourth-order valence-corrected chi connectivity index (χ4v) is 5.02. The van der Waals surface area contributed by atoms with Crippen molar-refractivity contribution in [3.05, 3.63) is 65.2 Å². The minimum Gasteiger partial charge on any atom is -0.381 e. The Kier molecular flexibility index (Phi) is 5.35. The van der Waals surface area contributed by atoms with Crippen LogP contribution in [0.5, 0.6) is 0 Å². The molecule has 9 nitrogen and oxygen atoms in total. The van der Waals surface area contributed by atoms with Crippen LogP contribution < -0.4 is 14.9 Å². The fraction of sp³-hybridized carbons (Fsp3) is 0.261. The molecular weight excluding hydrogens is 442 g/mol. The van der Waals surface area contributed by atoms with E-state index in [-0.39, 0.29) is 17.9 Å². The molecule has 0 spiro atoms. The minimum atomic E-state index is -4.03. The van der Waals surface area contributed by atoms with Crippen LogP contribution in [0.4, 0.5) is 5.69 Å². The van der Waals surface area contributed by atoms with Crippen molar-refractivity contribution in [3.63, 3.8) is 0 Å². The molecule has 2 N–H and O–H groups in total. The van der Waals surface area contributed by atoms with Crippen molar-refractivity contribution >= 4 is 37.6 Å². The Morgan fingerprint density at radius 3 is 2.67 bits per heavy atom. The van der Waals surface area contributed by atoms with Crippen molar-refractivity contribution < 1.29 is 13.2 Å². The predicted octanol–water partition coefficient (Wildman–Crippen LogP) is 2.20. The lowest BCUT2D eigenvalue weighted by atomic mass is 10.1. The van der Waals surface area contributed by atoms with Crippen LogP contribution >= 0.6 is 0 Å². The Morgan fingerprint density at radius 2 is 1.97 bits per heavy atom. The molecule has 33 heavy (non-hydrogen) atoms. The molecule has 1 atom stereocenters. The smallest absolute Gasteiger partial charge is 0.299 e. The van der Waals surface area contributed by atoms with Gasteiger partial charge in [0.15, 0.2) is 5.43 Å². The molecule has 1 aliphatic rings. The van der Waals surface area contributed by atoms with Gasteiger partial charge >= 0.3 is 0 Å². The zero-order valence-corrected chi connectivity index (χ0v) is 18.8. The number of aryl methyl sites for hydroxylation is 1. The van der Waals surface area contributed by atoms with E-state index in [2.05, 4.69) is 10.1 Å². The van der Waals surface area contributed by atoms with Crippen LogP contribution in [-0.2, 0) is 22.0 Å². The van der Waals surface area contributed by atoms with Gasteiger partial charge in [-0.25, -0.2) is 5.14 Å². The SMILES string of the molecule is Cn1cc(-c2cnc3ccc4ccc(N(CC5CCOC5)S(N)(=O)=O)cc4c(=O)c3c2)cn1. The Hall–Kier alpha value is -3.34. The lowest BCUT2D eigenvalue weighted by Crippen LogP contribution is -2.40. The van der Waals surface area contributed by atoms with E-state index in [0.29, 0.717) is 40.6 Å². The number of anilines is 1. The molecule has 2 aromatic carbocycles. The van der Waals surface area contributed by atoms with Crippen LogP contribution in [0, 0.1) is 5.92 Å². The summed E-state index contributed by atoms with van der Waals surface area (Å²) in [5, 5.41) is 11.2. The predicted molar refractivity (Wildman–Crippen MR) is 127 cm³/mol. The number of nitrogens with zero attached hydrogens (tertiary/aromatic N) is 4. The van der Waals surface area contributed by atoms with E-state index in [4.69, 9.17) is 9.88 Å². The molecule has 1 unspecified atom stereocenters. The first-order valence-corrected chi connectivity index (χ1v) is 12.0. The largest absolute Gasteiger partial charge is 0.381 e. The third-order valence-corrected chi connectivity index (χ3v) is 6.92. The van der Waals surface area contributed by atoms with Crippen LogP contribution in [-0.4, -0.2) is 42.9 Å². The lowest BCUT2D eigenvalue weighted by molar-refractivity contribution is 0.187. The second-order valence-electron chi connectivity index (χ2n) is 8.30. The average Bonchev–Trinajstić information content (AvgIpc) is 3.44. The molecule has 0 aliphatic carbocycles. The first-order chi connectivity index (χ1) is 15.8. The number of aromatic nitrogens is 3. The molecular formula is C23H23N5O4S. The molecule has 0 bridgehead atoms. The molecule has 1 fully saturated rings. The molecule has 0 saturated carbocycles. The molecule has 170 valence electrons. The van der Waals surface area contributed by atoms with Gasteiger partial charge in [-0.05, 0) is 36.1 Å². The van der Waals surface area contributed by atoms with E-state index in [9.17, 15) is 13.2 Å². The molecule has 5 rings (SSSR count). The summed E-state index contributed by atoms with van der Waals surface area (Å²) in [7, 11) is -2.21. The molecule has 1 aliphatic heterocycles. The van der Waals surface area contributed by atoms with Gasteiger partial charge < -0.3 is 4.74 Å². The van der Waals surface area contributed by atoms with Crippen LogP contribution in [0.1, 0.15) is 6.42 Å². The van der Waals surface area contributed by atoms with Crippen LogP contribution in [0.15, 0.2) is 59.8 Å². The number of hydrogen-bond acceptors (Lipinski definition) is 6. The average molecular weight is 466 g/mol. The Labute approximate surface area is 190 Å². The molecule has 0 radical (unpaired) electrons. The number of fused-ring (bicyclic) bond motifs is 2. The number of benzene rings is 1.